The van der Waals surface area contributed by atoms with E-state index in [4.69, 9.17) is 5.11 Å². The predicted molar refractivity (Wildman–Crippen MR) is 68.5 cm³/mol. The van der Waals surface area contributed by atoms with Gasteiger partial charge in [0.1, 0.15) is 11.6 Å². The molecule has 19 heavy (non-hydrogen) atoms. The smallest absolute Gasteiger partial charge is 0.337 e. The van der Waals surface area contributed by atoms with Crippen molar-refractivity contribution in [2.75, 3.05) is 5.32 Å². The lowest BCUT2D eigenvalue weighted by Gasteiger charge is -2.10. The molecular weight excluding hydrogens is 322 g/mol. The van der Waals surface area contributed by atoms with Gasteiger partial charge in [-0.3, -0.25) is 4.98 Å². The van der Waals surface area contributed by atoms with E-state index >= 15 is 0 Å². The van der Waals surface area contributed by atoms with Crippen molar-refractivity contribution in [2.24, 2.45) is 0 Å². The maximum absolute atomic E-state index is 13.6. The zero-order valence-electron chi connectivity index (χ0n) is 9.32. The minimum atomic E-state index is -1.17. The number of nitrogens with one attached hydrogen (secondary N) is 1. The summed E-state index contributed by atoms with van der Waals surface area (Å²) < 4.78 is 26.7. The Labute approximate surface area is 115 Å². The molecule has 0 saturated carbocycles. The van der Waals surface area contributed by atoms with Crippen molar-refractivity contribution >= 4 is 33.3 Å². The number of carbonyl (C=O) groups is 1. The molecule has 2 aromatic rings. The maximum atomic E-state index is 13.6. The first-order valence-corrected chi connectivity index (χ1v) is 5.87. The van der Waals surface area contributed by atoms with Gasteiger partial charge in [0.25, 0.3) is 0 Å². The second-order valence-electron chi connectivity index (χ2n) is 3.60. The van der Waals surface area contributed by atoms with Crippen LogP contribution in [0.4, 0.5) is 20.2 Å². The molecule has 1 aromatic heterocycles. The molecule has 7 heteroatoms. The van der Waals surface area contributed by atoms with Crippen LogP contribution in [0.25, 0.3) is 0 Å². The van der Waals surface area contributed by atoms with Gasteiger partial charge in [-0.05, 0) is 28.1 Å². The zero-order valence-corrected chi connectivity index (χ0v) is 10.9. The molecule has 0 bridgehead atoms. The van der Waals surface area contributed by atoms with E-state index in [1.54, 1.807) is 0 Å². The molecule has 0 amide bonds. The Morgan fingerprint density at radius 3 is 2.68 bits per heavy atom. The zero-order chi connectivity index (χ0) is 14.0. The summed E-state index contributed by atoms with van der Waals surface area (Å²) in [5, 5.41) is 11.6. The van der Waals surface area contributed by atoms with Gasteiger partial charge in [0.15, 0.2) is 0 Å². The molecule has 0 atom stereocenters. The third kappa shape index (κ3) is 2.87. The van der Waals surface area contributed by atoms with Gasteiger partial charge in [0.05, 0.1) is 27.6 Å². The topological polar surface area (TPSA) is 62.2 Å². The monoisotopic (exact) mass is 328 g/mol. The van der Waals surface area contributed by atoms with Crippen LogP contribution in [0.1, 0.15) is 10.4 Å². The molecule has 2 N–H and O–H groups in total. The Morgan fingerprint density at radius 1 is 1.26 bits per heavy atom. The molecule has 1 heterocycles. The number of rotatable bonds is 3. The molecule has 0 aliphatic heterocycles. The molecule has 4 nitrogen and oxygen atoms in total. The normalized spacial score (nSPS) is 10.3. The summed E-state index contributed by atoms with van der Waals surface area (Å²) in [5.41, 5.74) is 0.00558. The highest BCUT2D eigenvalue weighted by atomic mass is 79.9. The number of pyridine rings is 1. The van der Waals surface area contributed by atoms with Crippen LogP contribution in [0, 0.1) is 11.6 Å². The largest absolute Gasteiger partial charge is 0.478 e. The number of nitrogens with zero attached hydrogens (tertiary/aromatic N) is 1. The van der Waals surface area contributed by atoms with Crippen molar-refractivity contribution in [3.05, 3.63) is 52.3 Å². The fraction of sp³-hybridized carbons (Fsp3) is 0. The molecule has 0 aliphatic carbocycles. The first kappa shape index (κ1) is 13.4. The van der Waals surface area contributed by atoms with E-state index in [-0.39, 0.29) is 21.4 Å². The SMILES string of the molecule is O=C(O)c1ccncc1Nc1cc(Br)c(F)cc1F. The maximum Gasteiger partial charge on any atom is 0.337 e. The third-order valence-corrected chi connectivity index (χ3v) is 2.94. The van der Waals surface area contributed by atoms with Gasteiger partial charge in [-0.15, -0.1) is 0 Å². The van der Waals surface area contributed by atoms with Crippen molar-refractivity contribution in [3.63, 3.8) is 0 Å². The number of anilines is 2. The van der Waals surface area contributed by atoms with Gasteiger partial charge < -0.3 is 10.4 Å². The molecule has 0 saturated heterocycles. The average molecular weight is 329 g/mol. The number of hydrogen-bond donors (Lipinski definition) is 2. The van der Waals surface area contributed by atoms with Crippen molar-refractivity contribution in [1.82, 2.24) is 4.98 Å². The minimum absolute atomic E-state index is 0.0521. The lowest BCUT2D eigenvalue weighted by molar-refractivity contribution is 0.0698. The number of aromatic carboxylic acids is 1. The Morgan fingerprint density at radius 2 is 2.00 bits per heavy atom. The molecule has 98 valence electrons. The van der Waals surface area contributed by atoms with Crippen LogP contribution in [0.15, 0.2) is 35.1 Å². The highest BCUT2D eigenvalue weighted by molar-refractivity contribution is 9.10. The van der Waals surface area contributed by atoms with Crippen LogP contribution in [-0.4, -0.2) is 16.1 Å². The van der Waals surface area contributed by atoms with E-state index < -0.39 is 17.6 Å². The molecule has 1 aromatic carbocycles. The van der Waals surface area contributed by atoms with E-state index in [9.17, 15) is 13.6 Å². The van der Waals surface area contributed by atoms with Crippen LogP contribution in [0.3, 0.4) is 0 Å². The van der Waals surface area contributed by atoms with E-state index in [0.717, 1.165) is 0 Å². The fourth-order valence-electron chi connectivity index (χ4n) is 1.44. The fourth-order valence-corrected chi connectivity index (χ4v) is 1.79. The minimum Gasteiger partial charge on any atom is -0.478 e. The molecule has 0 unspecified atom stereocenters. The number of carboxylic acid groups (broad SMARTS) is 1. The highest BCUT2D eigenvalue weighted by Gasteiger charge is 2.13. The quantitative estimate of drug-likeness (QED) is 0.845. The van der Waals surface area contributed by atoms with Gasteiger partial charge in [0, 0.05) is 12.3 Å². The van der Waals surface area contributed by atoms with E-state index in [1.165, 1.54) is 24.5 Å². The van der Waals surface area contributed by atoms with E-state index in [1.807, 2.05) is 0 Å². The Balaban J connectivity index is 2.42. The lowest BCUT2D eigenvalue weighted by atomic mass is 10.2. The van der Waals surface area contributed by atoms with Crippen LogP contribution >= 0.6 is 15.9 Å². The average Bonchev–Trinajstić information content (AvgIpc) is 2.36. The Hall–Kier alpha value is -2.02. The number of benzene rings is 1. The first-order chi connectivity index (χ1) is 8.99. The summed E-state index contributed by atoms with van der Waals surface area (Å²) in [6.07, 6.45) is 2.56. The highest BCUT2D eigenvalue weighted by Crippen LogP contribution is 2.27. The van der Waals surface area contributed by atoms with Gasteiger partial charge in [-0.1, -0.05) is 0 Å². The number of carboxylic acids is 1. The van der Waals surface area contributed by atoms with Crippen LogP contribution < -0.4 is 5.32 Å². The molecule has 0 spiro atoms. The lowest BCUT2D eigenvalue weighted by Crippen LogP contribution is -2.04. The molecule has 2 rings (SSSR count). The van der Waals surface area contributed by atoms with Crippen LogP contribution in [0.2, 0.25) is 0 Å². The number of hydrogen-bond acceptors (Lipinski definition) is 3. The summed E-state index contributed by atoms with van der Waals surface area (Å²) in [6, 6.07) is 3.16. The Kier molecular flexibility index (Phi) is 3.75. The summed E-state index contributed by atoms with van der Waals surface area (Å²) in [5.74, 6) is -2.75. The molecule has 0 aliphatic rings. The van der Waals surface area contributed by atoms with E-state index in [2.05, 4.69) is 26.2 Å². The number of halogens is 3. The van der Waals surface area contributed by atoms with Gasteiger partial charge in [0.2, 0.25) is 0 Å². The second kappa shape index (κ2) is 5.31. The summed E-state index contributed by atoms with van der Waals surface area (Å²) in [7, 11) is 0. The number of aromatic nitrogens is 1. The summed E-state index contributed by atoms with van der Waals surface area (Å²) in [6.45, 7) is 0. The third-order valence-electron chi connectivity index (χ3n) is 2.33. The first-order valence-electron chi connectivity index (χ1n) is 5.08. The summed E-state index contributed by atoms with van der Waals surface area (Å²) in [4.78, 5) is 14.7. The predicted octanol–water partition coefficient (Wildman–Crippen LogP) is 3.56. The van der Waals surface area contributed by atoms with Gasteiger partial charge >= 0.3 is 5.97 Å². The van der Waals surface area contributed by atoms with Crippen molar-refractivity contribution in [2.45, 2.75) is 0 Å². The molecule has 0 radical (unpaired) electrons. The molecule has 0 fully saturated rings. The standard InChI is InChI=1S/C12H7BrF2N2O2/c13-7-3-10(9(15)4-8(7)14)17-11-5-16-2-1-6(11)12(18)19/h1-5,17H,(H,18,19). The van der Waals surface area contributed by atoms with Gasteiger partial charge in [-0.25, -0.2) is 13.6 Å². The van der Waals surface area contributed by atoms with Crippen molar-refractivity contribution in [1.29, 1.82) is 0 Å². The van der Waals surface area contributed by atoms with Crippen molar-refractivity contribution in [3.8, 4) is 0 Å². The van der Waals surface area contributed by atoms with Crippen molar-refractivity contribution < 1.29 is 18.7 Å². The molecular formula is C12H7BrF2N2O2. The van der Waals surface area contributed by atoms with Crippen LogP contribution in [0.5, 0.6) is 0 Å². The Bertz CT molecular complexity index is 650. The van der Waals surface area contributed by atoms with Gasteiger partial charge in [-0.2, -0.15) is 0 Å². The second-order valence-corrected chi connectivity index (χ2v) is 4.45. The summed E-state index contributed by atoms with van der Waals surface area (Å²) >= 11 is 2.93. The van der Waals surface area contributed by atoms with E-state index in [0.29, 0.717) is 6.07 Å². The van der Waals surface area contributed by atoms with Crippen LogP contribution in [-0.2, 0) is 0 Å².